The van der Waals surface area contributed by atoms with Crippen LogP contribution in [0.5, 0.6) is 5.75 Å². The average Bonchev–Trinajstić information content (AvgIpc) is 2.33. The Hall–Kier alpha value is -0.580. The fourth-order valence-electron chi connectivity index (χ4n) is 1.69. The second-order valence-corrected chi connectivity index (χ2v) is 5.28. The van der Waals surface area contributed by atoms with Crippen LogP contribution in [0.2, 0.25) is 0 Å². The van der Waals surface area contributed by atoms with Crippen molar-refractivity contribution < 1.29 is 10.2 Å². The molecule has 0 spiro atoms. The number of aliphatic hydroxyl groups excluding tert-OH is 1. The minimum atomic E-state index is 0.112. The lowest BCUT2D eigenvalue weighted by Gasteiger charge is -2.20. The zero-order chi connectivity index (χ0) is 12.8. The molecule has 1 rings (SSSR count). The van der Waals surface area contributed by atoms with E-state index in [0.717, 1.165) is 23.0 Å². The molecule has 0 bridgehead atoms. The Morgan fingerprint density at radius 1 is 1.41 bits per heavy atom. The average molecular weight is 302 g/mol. The van der Waals surface area contributed by atoms with Gasteiger partial charge < -0.3 is 15.5 Å². The molecule has 0 saturated heterocycles. The van der Waals surface area contributed by atoms with E-state index in [4.69, 9.17) is 5.11 Å². The molecule has 3 N–H and O–H groups in total. The summed E-state index contributed by atoms with van der Waals surface area (Å²) in [6.45, 7) is 4.97. The van der Waals surface area contributed by atoms with Gasteiger partial charge in [0.2, 0.25) is 0 Å². The number of aromatic hydroxyl groups is 1. The highest BCUT2D eigenvalue weighted by atomic mass is 79.9. The first-order valence-electron chi connectivity index (χ1n) is 5.91. The summed E-state index contributed by atoms with van der Waals surface area (Å²) >= 11 is 3.41. The van der Waals surface area contributed by atoms with Crippen molar-refractivity contribution in [3.63, 3.8) is 0 Å². The molecule has 0 amide bonds. The molecule has 0 aliphatic rings. The number of aliphatic hydroxyl groups is 1. The van der Waals surface area contributed by atoms with Gasteiger partial charge in [-0.15, -0.1) is 0 Å². The Kier molecular flexibility index (Phi) is 5.95. The lowest BCUT2D eigenvalue weighted by atomic mass is 10.0. The van der Waals surface area contributed by atoms with Gasteiger partial charge in [0.1, 0.15) is 5.75 Å². The highest BCUT2D eigenvalue weighted by Gasteiger charge is 2.14. The van der Waals surface area contributed by atoms with Crippen LogP contribution in [0.25, 0.3) is 0 Å². The van der Waals surface area contributed by atoms with Gasteiger partial charge in [0, 0.05) is 29.2 Å². The molecule has 0 heterocycles. The van der Waals surface area contributed by atoms with Gasteiger partial charge in [-0.25, -0.2) is 0 Å². The summed E-state index contributed by atoms with van der Waals surface area (Å²) < 4.78 is 0.959. The maximum absolute atomic E-state index is 9.85. The largest absolute Gasteiger partial charge is 0.508 e. The SMILES string of the molecule is CCC(NCC(C)CO)c1cc(Br)ccc1O. The van der Waals surface area contributed by atoms with Crippen molar-refractivity contribution in [1.82, 2.24) is 5.32 Å². The summed E-state index contributed by atoms with van der Waals surface area (Å²) in [6, 6.07) is 5.56. The molecule has 4 heteroatoms. The quantitative estimate of drug-likeness (QED) is 0.757. The summed E-state index contributed by atoms with van der Waals surface area (Å²) in [7, 11) is 0. The molecule has 0 fully saturated rings. The summed E-state index contributed by atoms with van der Waals surface area (Å²) in [4.78, 5) is 0. The van der Waals surface area contributed by atoms with Crippen molar-refractivity contribution in [2.45, 2.75) is 26.3 Å². The van der Waals surface area contributed by atoms with E-state index in [1.807, 2.05) is 19.1 Å². The van der Waals surface area contributed by atoms with Crippen LogP contribution < -0.4 is 5.32 Å². The fourth-order valence-corrected chi connectivity index (χ4v) is 2.07. The van der Waals surface area contributed by atoms with Crippen LogP contribution in [0.4, 0.5) is 0 Å². The maximum atomic E-state index is 9.85. The van der Waals surface area contributed by atoms with Crippen molar-refractivity contribution in [3.05, 3.63) is 28.2 Å². The minimum absolute atomic E-state index is 0.112. The topological polar surface area (TPSA) is 52.5 Å². The lowest BCUT2D eigenvalue weighted by molar-refractivity contribution is 0.229. The van der Waals surface area contributed by atoms with Crippen molar-refractivity contribution >= 4 is 15.9 Å². The molecule has 2 atom stereocenters. The lowest BCUT2D eigenvalue weighted by Crippen LogP contribution is -2.27. The van der Waals surface area contributed by atoms with Crippen molar-refractivity contribution in [2.75, 3.05) is 13.2 Å². The van der Waals surface area contributed by atoms with Crippen LogP contribution in [0, 0.1) is 5.92 Å². The second-order valence-electron chi connectivity index (χ2n) is 4.36. The van der Waals surface area contributed by atoms with E-state index in [9.17, 15) is 5.11 Å². The Balaban J connectivity index is 2.75. The van der Waals surface area contributed by atoms with E-state index in [0.29, 0.717) is 5.75 Å². The Labute approximate surface area is 111 Å². The Morgan fingerprint density at radius 2 is 2.12 bits per heavy atom. The van der Waals surface area contributed by atoms with E-state index < -0.39 is 0 Å². The second kappa shape index (κ2) is 6.99. The van der Waals surface area contributed by atoms with E-state index in [1.54, 1.807) is 6.07 Å². The number of halogens is 1. The number of phenols is 1. The molecule has 96 valence electrons. The Bertz CT molecular complexity index is 357. The third kappa shape index (κ3) is 4.30. The van der Waals surface area contributed by atoms with Crippen molar-refractivity contribution in [3.8, 4) is 5.75 Å². The molecule has 0 aliphatic heterocycles. The molecule has 0 saturated carbocycles. The molecule has 3 nitrogen and oxygen atoms in total. The Morgan fingerprint density at radius 3 is 2.71 bits per heavy atom. The first-order chi connectivity index (χ1) is 8.08. The number of nitrogens with one attached hydrogen (secondary N) is 1. The van der Waals surface area contributed by atoms with Crippen molar-refractivity contribution in [2.24, 2.45) is 5.92 Å². The monoisotopic (exact) mass is 301 g/mol. The minimum Gasteiger partial charge on any atom is -0.508 e. The number of phenolic OH excluding ortho intramolecular Hbond substituents is 1. The van der Waals surface area contributed by atoms with Crippen LogP contribution in [-0.4, -0.2) is 23.4 Å². The third-order valence-corrected chi connectivity index (χ3v) is 3.29. The van der Waals surface area contributed by atoms with Gasteiger partial charge in [-0.2, -0.15) is 0 Å². The fraction of sp³-hybridized carbons (Fsp3) is 0.538. The molecule has 0 aromatic heterocycles. The van der Waals surface area contributed by atoms with Crippen LogP contribution >= 0.6 is 15.9 Å². The van der Waals surface area contributed by atoms with E-state index in [-0.39, 0.29) is 18.6 Å². The molecule has 0 aliphatic carbocycles. The maximum Gasteiger partial charge on any atom is 0.120 e. The zero-order valence-corrected chi connectivity index (χ0v) is 11.9. The highest BCUT2D eigenvalue weighted by molar-refractivity contribution is 9.10. The van der Waals surface area contributed by atoms with Crippen LogP contribution in [0.3, 0.4) is 0 Å². The summed E-state index contributed by atoms with van der Waals surface area (Å²) in [5, 5.41) is 22.2. The van der Waals surface area contributed by atoms with Crippen LogP contribution in [0.15, 0.2) is 22.7 Å². The molecule has 1 aromatic rings. The standard InChI is InChI=1S/C13H20BrNO2/c1-3-12(15-7-9(2)8-16)11-6-10(14)4-5-13(11)17/h4-6,9,12,15-17H,3,7-8H2,1-2H3. The highest BCUT2D eigenvalue weighted by Crippen LogP contribution is 2.29. The summed E-state index contributed by atoms with van der Waals surface area (Å²) in [5.74, 6) is 0.530. The number of hydrogen-bond acceptors (Lipinski definition) is 3. The van der Waals surface area contributed by atoms with E-state index in [1.165, 1.54) is 0 Å². The first kappa shape index (κ1) is 14.5. The van der Waals surface area contributed by atoms with Crippen molar-refractivity contribution in [1.29, 1.82) is 0 Å². The molecule has 0 radical (unpaired) electrons. The van der Waals surface area contributed by atoms with Gasteiger partial charge in [0.25, 0.3) is 0 Å². The van der Waals surface area contributed by atoms with Gasteiger partial charge in [0.05, 0.1) is 0 Å². The molecular weight excluding hydrogens is 282 g/mol. The first-order valence-corrected chi connectivity index (χ1v) is 6.70. The van der Waals surface area contributed by atoms with Crippen LogP contribution in [-0.2, 0) is 0 Å². The third-order valence-electron chi connectivity index (χ3n) is 2.80. The number of benzene rings is 1. The normalized spacial score (nSPS) is 14.6. The number of hydrogen-bond donors (Lipinski definition) is 3. The van der Waals surface area contributed by atoms with Crippen LogP contribution in [0.1, 0.15) is 31.9 Å². The number of rotatable bonds is 6. The summed E-state index contributed by atoms with van der Waals surface area (Å²) in [6.07, 6.45) is 0.891. The molecule has 1 aromatic carbocycles. The van der Waals surface area contributed by atoms with E-state index >= 15 is 0 Å². The molecular formula is C13H20BrNO2. The van der Waals surface area contributed by atoms with Gasteiger partial charge in [0.15, 0.2) is 0 Å². The van der Waals surface area contributed by atoms with Gasteiger partial charge >= 0.3 is 0 Å². The van der Waals surface area contributed by atoms with Gasteiger partial charge in [-0.3, -0.25) is 0 Å². The smallest absolute Gasteiger partial charge is 0.120 e. The van der Waals surface area contributed by atoms with Gasteiger partial charge in [-0.1, -0.05) is 29.8 Å². The predicted molar refractivity (Wildman–Crippen MR) is 73.1 cm³/mol. The molecule has 2 unspecified atom stereocenters. The summed E-state index contributed by atoms with van der Waals surface area (Å²) in [5.41, 5.74) is 0.895. The molecule has 17 heavy (non-hydrogen) atoms. The van der Waals surface area contributed by atoms with Gasteiger partial charge in [-0.05, 0) is 30.5 Å². The van der Waals surface area contributed by atoms with E-state index in [2.05, 4.69) is 28.2 Å². The predicted octanol–water partition coefficient (Wildman–Crippen LogP) is 2.82. The zero-order valence-electron chi connectivity index (χ0n) is 10.3.